The number of phenols is 1. The number of aromatic amines is 1. The molecule has 11 nitrogen and oxygen atoms in total. The van der Waals surface area contributed by atoms with Crippen LogP contribution in [0.1, 0.15) is 0 Å². The van der Waals surface area contributed by atoms with Crippen molar-refractivity contribution in [2.45, 2.75) is 4.90 Å². The Morgan fingerprint density at radius 1 is 1.05 bits per heavy atom. The summed E-state index contributed by atoms with van der Waals surface area (Å²) in [6, 6.07) is 11.5. The molecule has 4 heterocycles. The molecular weight excluding hydrogens is 534 g/mol. The zero-order valence-corrected chi connectivity index (χ0v) is 23.1. The quantitative estimate of drug-likeness (QED) is 0.186. The second-order valence-electron chi connectivity index (χ2n) is 9.78. The lowest BCUT2D eigenvalue weighted by atomic mass is 10.1. The van der Waals surface area contributed by atoms with E-state index >= 15 is 0 Å². The molecule has 202 valence electrons. The van der Waals surface area contributed by atoms with Crippen molar-refractivity contribution in [1.82, 2.24) is 29.1 Å². The molecule has 0 bridgehead atoms. The number of aromatic nitrogens is 3. The molecule has 3 N–H and O–H groups in total. The molecule has 2 aromatic carbocycles. The smallest absolute Gasteiger partial charge is 0.173 e. The largest absolute Gasteiger partial charge is 0.506 e. The predicted octanol–water partition coefficient (Wildman–Crippen LogP) is 3.99. The summed E-state index contributed by atoms with van der Waals surface area (Å²) in [5.41, 5.74) is 2.29. The molecule has 13 heteroatoms. The molecule has 0 spiro atoms. The van der Waals surface area contributed by atoms with Gasteiger partial charge in [0.2, 0.25) is 0 Å². The minimum atomic E-state index is -0.166. The zero-order chi connectivity index (χ0) is 26.9. The van der Waals surface area contributed by atoms with Crippen molar-refractivity contribution < 1.29 is 5.11 Å². The van der Waals surface area contributed by atoms with Gasteiger partial charge >= 0.3 is 0 Å². The van der Waals surface area contributed by atoms with Crippen LogP contribution >= 0.6 is 24.2 Å². The van der Waals surface area contributed by atoms with Crippen LogP contribution in [0.4, 0.5) is 17.2 Å². The number of thiocarbonyl (C=S) groups is 1. The second-order valence-corrected chi connectivity index (χ2v) is 11.3. The number of nitroso groups, excluding NO2 is 1. The van der Waals surface area contributed by atoms with Gasteiger partial charge in [-0.05, 0) is 72.8 Å². The fourth-order valence-electron chi connectivity index (χ4n) is 5.00. The maximum absolute atomic E-state index is 11.0. The van der Waals surface area contributed by atoms with Gasteiger partial charge in [-0.15, -0.1) is 4.91 Å². The van der Waals surface area contributed by atoms with Crippen molar-refractivity contribution in [3.05, 3.63) is 47.6 Å². The first-order valence-corrected chi connectivity index (χ1v) is 14.0. The molecule has 0 radical (unpaired) electrons. The molecule has 6 rings (SSSR count). The average molecular weight is 564 g/mol. The van der Waals surface area contributed by atoms with Gasteiger partial charge in [0, 0.05) is 68.3 Å². The van der Waals surface area contributed by atoms with Crippen LogP contribution in [0.25, 0.3) is 21.9 Å². The van der Waals surface area contributed by atoms with E-state index in [1.807, 2.05) is 11.9 Å². The van der Waals surface area contributed by atoms with Crippen molar-refractivity contribution in [1.29, 1.82) is 0 Å². The van der Waals surface area contributed by atoms with E-state index in [2.05, 4.69) is 75.8 Å². The molecule has 2 saturated heterocycles. The molecule has 0 unspecified atom stereocenters. The van der Waals surface area contributed by atoms with Gasteiger partial charge in [0.05, 0.1) is 10.9 Å². The average Bonchev–Trinajstić information content (AvgIpc) is 3.32. The minimum Gasteiger partial charge on any atom is -0.506 e. The normalized spacial score (nSPS) is 17.2. The van der Waals surface area contributed by atoms with Gasteiger partial charge < -0.3 is 30.1 Å². The number of aromatic hydroxyl groups is 1. The van der Waals surface area contributed by atoms with Gasteiger partial charge in [0.1, 0.15) is 23.5 Å². The standard InChI is InChI=1S/C26H29N9O2S2/c1-32-6-12-35(13-7-32)39-18-4-2-17(3-5-18)29-26(38)34-10-8-33(9-11-34)25-23-19-14-22(36)21(31-37)15-20(19)30-24(23)27-16-28-25/h2-5,14-16,36H,6-13H2,1H3,(H,29,38)(H,27,28,30). The van der Waals surface area contributed by atoms with Gasteiger partial charge in [0.25, 0.3) is 0 Å². The van der Waals surface area contributed by atoms with Crippen LogP contribution in [0.3, 0.4) is 0 Å². The Hall–Kier alpha value is -3.52. The summed E-state index contributed by atoms with van der Waals surface area (Å²) < 4.78 is 2.41. The number of benzene rings is 2. The van der Waals surface area contributed by atoms with Crippen LogP contribution in [-0.4, -0.2) is 98.7 Å². The van der Waals surface area contributed by atoms with Crippen LogP contribution in [0.15, 0.2) is 52.8 Å². The summed E-state index contributed by atoms with van der Waals surface area (Å²) in [6.45, 7) is 7.26. The highest BCUT2D eigenvalue weighted by atomic mass is 32.2. The molecule has 2 aromatic heterocycles. The molecule has 0 aliphatic carbocycles. The zero-order valence-electron chi connectivity index (χ0n) is 21.5. The van der Waals surface area contributed by atoms with Gasteiger partial charge in [-0.1, -0.05) is 0 Å². The lowest BCUT2D eigenvalue weighted by Gasteiger charge is -2.37. The summed E-state index contributed by atoms with van der Waals surface area (Å²) in [4.78, 5) is 31.1. The number of rotatable bonds is 5. The third kappa shape index (κ3) is 5.35. The van der Waals surface area contributed by atoms with E-state index in [9.17, 15) is 10.0 Å². The van der Waals surface area contributed by atoms with E-state index in [0.29, 0.717) is 16.3 Å². The maximum atomic E-state index is 11.0. The number of phenolic OH excluding ortho intramolecular Hbond substituents is 1. The summed E-state index contributed by atoms with van der Waals surface area (Å²) in [5, 5.41) is 18.7. The molecule has 2 aliphatic rings. The first-order valence-electron chi connectivity index (χ1n) is 12.8. The van der Waals surface area contributed by atoms with E-state index in [-0.39, 0.29) is 11.4 Å². The van der Waals surface area contributed by atoms with Crippen molar-refractivity contribution in [2.75, 3.05) is 69.6 Å². The molecule has 2 aliphatic heterocycles. The number of nitrogens with zero attached hydrogens (tertiary/aromatic N) is 7. The van der Waals surface area contributed by atoms with Crippen molar-refractivity contribution >= 4 is 68.4 Å². The van der Waals surface area contributed by atoms with Crippen LogP contribution < -0.4 is 10.2 Å². The topological polar surface area (TPSA) is 116 Å². The van der Waals surface area contributed by atoms with E-state index in [4.69, 9.17) is 12.2 Å². The third-order valence-corrected chi connectivity index (χ3v) is 8.70. The highest BCUT2D eigenvalue weighted by molar-refractivity contribution is 7.97. The SMILES string of the molecule is CN1CCN(Sc2ccc(NC(=S)N3CCN(c4ncnc5[nH]c6cc(N=O)c(O)cc6c45)CC3)cc2)CC1. The molecule has 39 heavy (non-hydrogen) atoms. The van der Waals surface area contributed by atoms with Crippen molar-refractivity contribution in [3.8, 4) is 5.75 Å². The van der Waals surface area contributed by atoms with Crippen LogP contribution in [0, 0.1) is 4.91 Å². The van der Waals surface area contributed by atoms with Crippen molar-refractivity contribution in [3.63, 3.8) is 0 Å². The number of H-pyrrole nitrogens is 1. The number of likely N-dealkylation sites (N-methyl/N-ethyl adjacent to an activating group) is 1. The predicted molar refractivity (Wildman–Crippen MR) is 160 cm³/mol. The van der Waals surface area contributed by atoms with Crippen LogP contribution in [0.5, 0.6) is 5.75 Å². The Labute approximate surface area is 235 Å². The van der Waals surface area contributed by atoms with E-state index in [1.54, 1.807) is 6.07 Å². The number of hydrogen-bond acceptors (Lipinski definition) is 10. The summed E-state index contributed by atoms with van der Waals surface area (Å²) >= 11 is 7.55. The molecule has 0 atom stereocenters. The van der Waals surface area contributed by atoms with Crippen molar-refractivity contribution in [2.24, 2.45) is 5.18 Å². The number of nitrogens with one attached hydrogen (secondary N) is 2. The first kappa shape index (κ1) is 25.7. The molecule has 2 fully saturated rings. The Bertz CT molecular complexity index is 1510. The minimum absolute atomic E-state index is 0.0124. The van der Waals surface area contributed by atoms with Crippen LogP contribution in [-0.2, 0) is 0 Å². The fraction of sp³-hybridized carbons (Fsp3) is 0.346. The number of hydrogen-bond donors (Lipinski definition) is 3. The van der Waals surface area contributed by atoms with Gasteiger partial charge in [-0.2, -0.15) is 0 Å². The van der Waals surface area contributed by atoms with Gasteiger partial charge in [0.15, 0.2) is 10.8 Å². The lowest BCUT2D eigenvalue weighted by molar-refractivity contribution is 0.233. The van der Waals surface area contributed by atoms with E-state index < -0.39 is 0 Å². The summed E-state index contributed by atoms with van der Waals surface area (Å²) in [5.74, 6) is 0.616. The molecular formula is C26H29N9O2S2. The maximum Gasteiger partial charge on any atom is 0.173 e. The number of piperazine rings is 2. The highest BCUT2D eigenvalue weighted by Gasteiger charge is 2.24. The lowest BCUT2D eigenvalue weighted by Crippen LogP contribution is -2.50. The van der Waals surface area contributed by atoms with E-state index in [1.165, 1.54) is 17.3 Å². The van der Waals surface area contributed by atoms with E-state index in [0.717, 1.165) is 74.6 Å². The Morgan fingerprint density at radius 3 is 2.51 bits per heavy atom. The molecule has 0 amide bonds. The van der Waals surface area contributed by atoms with Gasteiger partial charge in [-0.25, -0.2) is 14.3 Å². The fourth-order valence-corrected chi connectivity index (χ4v) is 6.20. The monoisotopic (exact) mass is 563 g/mol. The third-order valence-electron chi connectivity index (χ3n) is 7.23. The Balaban J connectivity index is 1.09. The number of anilines is 2. The number of fused-ring (bicyclic) bond motifs is 3. The molecule has 4 aromatic rings. The summed E-state index contributed by atoms with van der Waals surface area (Å²) in [7, 11) is 2.17. The van der Waals surface area contributed by atoms with Gasteiger partial charge in [-0.3, -0.25) is 0 Å². The van der Waals surface area contributed by atoms with Crippen LogP contribution in [0.2, 0.25) is 0 Å². The summed E-state index contributed by atoms with van der Waals surface area (Å²) in [6.07, 6.45) is 1.52. The highest BCUT2D eigenvalue weighted by Crippen LogP contribution is 2.38. The molecule has 0 saturated carbocycles. The second kappa shape index (κ2) is 10.9. The first-order chi connectivity index (χ1) is 19.0. The Kier molecular flexibility index (Phi) is 7.21. The Morgan fingerprint density at radius 2 is 1.79 bits per heavy atom.